The number of phenolic OH excluding ortho intramolecular Hbond substituents is 1. The Morgan fingerprint density at radius 3 is 2.07 bits per heavy atom. The van der Waals surface area contributed by atoms with Crippen molar-refractivity contribution in [1.29, 1.82) is 0 Å². The fourth-order valence-corrected chi connectivity index (χ4v) is 4.10. The maximum Gasteiger partial charge on any atom is 0.339 e. The van der Waals surface area contributed by atoms with Gasteiger partial charge in [-0.15, -0.1) is 11.8 Å². The monoisotopic (exact) mass is 386 g/mol. The summed E-state index contributed by atoms with van der Waals surface area (Å²) in [5.41, 5.74) is 3.95. The van der Waals surface area contributed by atoms with E-state index in [0.29, 0.717) is 11.3 Å². The molecule has 1 heterocycles. The predicted molar refractivity (Wildman–Crippen MR) is 114 cm³/mol. The lowest BCUT2D eigenvalue weighted by Gasteiger charge is -2.14. The Bertz CT molecular complexity index is 1140. The van der Waals surface area contributed by atoms with Crippen LogP contribution in [-0.4, -0.2) is 5.11 Å². The zero-order valence-corrected chi connectivity index (χ0v) is 15.9. The fourth-order valence-electron chi connectivity index (χ4n) is 3.04. The van der Waals surface area contributed by atoms with Gasteiger partial charge in [-0.05, 0) is 41.0 Å². The average Bonchev–Trinajstić information content (AvgIpc) is 2.75. The molecule has 0 amide bonds. The molecular formula is C24H18O3S. The molecule has 28 heavy (non-hydrogen) atoms. The minimum atomic E-state index is -0.321. The van der Waals surface area contributed by atoms with Crippen LogP contribution in [0.5, 0.6) is 5.75 Å². The summed E-state index contributed by atoms with van der Waals surface area (Å²) in [5, 5.41) is 10.7. The van der Waals surface area contributed by atoms with Gasteiger partial charge < -0.3 is 9.52 Å². The number of thioether (sulfide) groups is 1. The molecule has 4 rings (SSSR count). The normalized spacial score (nSPS) is 10.7. The average molecular weight is 386 g/mol. The molecule has 0 aliphatic carbocycles. The number of phenols is 1. The SMILES string of the molecule is O=c1occcc1CSc1cc(-c2ccccc2)c(O)cc1-c1ccccc1. The number of benzene rings is 3. The van der Waals surface area contributed by atoms with Gasteiger partial charge in [-0.2, -0.15) is 0 Å². The molecule has 3 aromatic carbocycles. The minimum absolute atomic E-state index is 0.230. The molecule has 1 aromatic heterocycles. The van der Waals surface area contributed by atoms with Crippen LogP contribution in [0.25, 0.3) is 22.3 Å². The molecule has 0 spiro atoms. The maximum absolute atomic E-state index is 11.9. The van der Waals surface area contributed by atoms with E-state index in [1.54, 1.807) is 30.0 Å². The second-order valence-corrected chi connectivity index (χ2v) is 7.33. The fraction of sp³-hybridized carbons (Fsp3) is 0.0417. The molecule has 4 aromatic rings. The van der Waals surface area contributed by atoms with Crippen LogP contribution in [0.3, 0.4) is 0 Å². The number of aromatic hydroxyl groups is 1. The van der Waals surface area contributed by atoms with Gasteiger partial charge in [-0.25, -0.2) is 4.79 Å². The van der Waals surface area contributed by atoms with Gasteiger partial charge in [-0.3, -0.25) is 0 Å². The lowest BCUT2D eigenvalue weighted by molar-refractivity contribution is 0.477. The first-order valence-electron chi connectivity index (χ1n) is 8.90. The first-order valence-corrected chi connectivity index (χ1v) is 9.88. The van der Waals surface area contributed by atoms with Gasteiger partial charge in [0, 0.05) is 21.8 Å². The smallest absolute Gasteiger partial charge is 0.339 e. The van der Waals surface area contributed by atoms with Crippen molar-refractivity contribution in [3.8, 4) is 28.0 Å². The van der Waals surface area contributed by atoms with Crippen molar-refractivity contribution in [3.05, 3.63) is 107 Å². The van der Waals surface area contributed by atoms with Crippen molar-refractivity contribution in [2.24, 2.45) is 0 Å². The summed E-state index contributed by atoms with van der Waals surface area (Å²) in [6.45, 7) is 0. The Balaban J connectivity index is 1.79. The zero-order chi connectivity index (χ0) is 19.3. The van der Waals surface area contributed by atoms with Gasteiger partial charge in [0.05, 0.1) is 6.26 Å². The quantitative estimate of drug-likeness (QED) is 0.429. The number of hydrogen-bond acceptors (Lipinski definition) is 4. The Hall–Kier alpha value is -3.24. The molecule has 3 nitrogen and oxygen atoms in total. The highest BCUT2D eigenvalue weighted by Crippen LogP contribution is 2.41. The van der Waals surface area contributed by atoms with Gasteiger partial charge in [0.1, 0.15) is 5.75 Å². The molecule has 138 valence electrons. The van der Waals surface area contributed by atoms with Crippen molar-refractivity contribution in [2.75, 3.05) is 0 Å². The third kappa shape index (κ3) is 3.87. The van der Waals surface area contributed by atoms with Gasteiger partial charge in [0.15, 0.2) is 0 Å². The summed E-state index contributed by atoms with van der Waals surface area (Å²) in [6, 6.07) is 27.0. The lowest BCUT2D eigenvalue weighted by Crippen LogP contribution is -2.04. The Kier molecular flexibility index (Phi) is 5.31. The summed E-state index contributed by atoms with van der Waals surface area (Å²) < 4.78 is 4.96. The molecule has 0 atom stereocenters. The van der Waals surface area contributed by atoms with E-state index < -0.39 is 0 Å². The maximum atomic E-state index is 11.9. The second-order valence-electron chi connectivity index (χ2n) is 6.31. The predicted octanol–water partition coefficient (Wildman–Crippen LogP) is 5.97. The van der Waals surface area contributed by atoms with E-state index in [1.807, 2.05) is 66.7 Å². The highest BCUT2D eigenvalue weighted by Gasteiger charge is 2.14. The highest BCUT2D eigenvalue weighted by molar-refractivity contribution is 7.98. The van der Waals surface area contributed by atoms with Crippen molar-refractivity contribution in [3.63, 3.8) is 0 Å². The molecule has 0 radical (unpaired) electrons. The van der Waals surface area contributed by atoms with E-state index >= 15 is 0 Å². The Labute approximate surface area is 167 Å². The van der Waals surface area contributed by atoms with E-state index in [1.165, 1.54) is 6.26 Å². The Morgan fingerprint density at radius 1 is 0.786 bits per heavy atom. The minimum Gasteiger partial charge on any atom is -0.507 e. The van der Waals surface area contributed by atoms with E-state index in [-0.39, 0.29) is 11.4 Å². The third-order valence-electron chi connectivity index (χ3n) is 4.46. The van der Waals surface area contributed by atoms with E-state index in [4.69, 9.17) is 4.42 Å². The standard InChI is InChI=1S/C24H18O3S/c25-22-14-21(18-10-5-2-6-11-18)23(15-20(22)17-8-3-1-4-9-17)28-16-19-12-7-13-27-24(19)26/h1-15,25H,16H2. The largest absolute Gasteiger partial charge is 0.507 e. The van der Waals surface area contributed by atoms with Crippen LogP contribution in [0.4, 0.5) is 0 Å². The zero-order valence-electron chi connectivity index (χ0n) is 15.0. The highest BCUT2D eigenvalue weighted by atomic mass is 32.2. The van der Waals surface area contributed by atoms with Crippen molar-refractivity contribution in [2.45, 2.75) is 10.6 Å². The molecule has 0 bridgehead atoms. The first-order chi connectivity index (χ1) is 13.7. The summed E-state index contributed by atoms with van der Waals surface area (Å²) in [5.74, 6) is 0.718. The van der Waals surface area contributed by atoms with Crippen LogP contribution in [0, 0.1) is 0 Å². The van der Waals surface area contributed by atoms with Crippen molar-refractivity contribution >= 4 is 11.8 Å². The lowest BCUT2D eigenvalue weighted by atomic mass is 9.99. The topological polar surface area (TPSA) is 50.4 Å². The Morgan fingerprint density at radius 2 is 1.43 bits per heavy atom. The van der Waals surface area contributed by atoms with E-state index in [2.05, 4.69) is 0 Å². The van der Waals surface area contributed by atoms with Crippen LogP contribution >= 0.6 is 11.8 Å². The van der Waals surface area contributed by atoms with Gasteiger partial charge in [0.2, 0.25) is 0 Å². The van der Waals surface area contributed by atoms with Crippen LogP contribution in [0.1, 0.15) is 5.56 Å². The molecular weight excluding hydrogens is 368 g/mol. The van der Waals surface area contributed by atoms with Gasteiger partial charge >= 0.3 is 5.63 Å². The number of rotatable bonds is 5. The van der Waals surface area contributed by atoms with Crippen LogP contribution in [0.15, 0.2) is 105 Å². The summed E-state index contributed by atoms with van der Waals surface area (Å²) >= 11 is 1.56. The van der Waals surface area contributed by atoms with Gasteiger partial charge in [0.25, 0.3) is 0 Å². The molecule has 0 aliphatic heterocycles. The first kappa shape index (κ1) is 18.1. The molecule has 4 heteroatoms. The summed E-state index contributed by atoms with van der Waals surface area (Å²) in [7, 11) is 0. The van der Waals surface area contributed by atoms with Crippen LogP contribution in [0.2, 0.25) is 0 Å². The second kappa shape index (κ2) is 8.19. The molecule has 0 saturated heterocycles. The van der Waals surface area contributed by atoms with Crippen LogP contribution in [-0.2, 0) is 5.75 Å². The molecule has 0 fully saturated rings. The molecule has 1 N–H and O–H groups in total. The molecule has 0 saturated carbocycles. The van der Waals surface area contributed by atoms with E-state index in [9.17, 15) is 9.90 Å². The van der Waals surface area contributed by atoms with E-state index in [0.717, 1.165) is 27.1 Å². The third-order valence-corrected chi connectivity index (χ3v) is 5.57. The van der Waals surface area contributed by atoms with Crippen molar-refractivity contribution < 1.29 is 9.52 Å². The number of hydrogen-bond donors (Lipinski definition) is 1. The molecule has 0 unspecified atom stereocenters. The van der Waals surface area contributed by atoms with Crippen molar-refractivity contribution in [1.82, 2.24) is 0 Å². The molecule has 0 aliphatic rings. The summed E-state index contributed by atoms with van der Waals surface area (Å²) in [4.78, 5) is 12.9. The summed E-state index contributed by atoms with van der Waals surface area (Å²) in [6.07, 6.45) is 1.39. The van der Waals surface area contributed by atoms with Crippen LogP contribution < -0.4 is 5.63 Å². The van der Waals surface area contributed by atoms with Gasteiger partial charge in [-0.1, -0.05) is 60.7 Å².